The van der Waals surface area contributed by atoms with Crippen LogP contribution in [0.1, 0.15) is 25.8 Å². The molecule has 0 bridgehead atoms. The topological polar surface area (TPSA) is 55.8 Å². The molecule has 28 heavy (non-hydrogen) atoms. The number of benzene rings is 2. The van der Waals surface area contributed by atoms with Crippen LogP contribution < -0.4 is 9.47 Å². The molecular formula is C21H21F3O4. The van der Waals surface area contributed by atoms with E-state index < -0.39 is 17.7 Å². The van der Waals surface area contributed by atoms with E-state index in [1.165, 1.54) is 0 Å². The molecule has 4 nitrogen and oxygen atoms in total. The van der Waals surface area contributed by atoms with Crippen LogP contribution in [0.3, 0.4) is 0 Å². The van der Waals surface area contributed by atoms with Crippen molar-refractivity contribution in [1.82, 2.24) is 0 Å². The summed E-state index contributed by atoms with van der Waals surface area (Å²) in [6.07, 6.45) is -4.11. The summed E-state index contributed by atoms with van der Waals surface area (Å²) in [6.45, 7) is 3.81. The fraction of sp³-hybridized carbons (Fsp3) is 0.381. The molecule has 1 saturated carbocycles. The molecule has 0 amide bonds. The van der Waals surface area contributed by atoms with Crippen molar-refractivity contribution in [3.05, 3.63) is 48.0 Å². The number of halogens is 3. The zero-order chi connectivity index (χ0) is 20.5. The van der Waals surface area contributed by atoms with Crippen molar-refractivity contribution in [3.8, 4) is 22.6 Å². The second kappa shape index (κ2) is 7.73. The quantitative estimate of drug-likeness (QED) is 0.696. The lowest BCUT2D eigenvalue weighted by Gasteiger charge is -2.15. The van der Waals surface area contributed by atoms with E-state index in [0.29, 0.717) is 29.9 Å². The number of aliphatic carboxylic acids is 1. The van der Waals surface area contributed by atoms with Crippen molar-refractivity contribution in [2.45, 2.75) is 32.5 Å². The van der Waals surface area contributed by atoms with Gasteiger partial charge in [-0.2, -0.15) is 13.2 Å². The molecule has 0 saturated heterocycles. The number of carboxylic acids is 1. The fourth-order valence-corrected chi connectivity index (χ4v) is 2.95. The minimum atomic E-state index is -4.47. The van der Waals surface area contributed by atoms with Crippen molar-refractivity contribution in [3.63, 3.8) is 0 Å². The first-order valence-electron chi connectivity index (χ1n) is 8.98. The number of alkyl halides is 3. The summed E-state index contributed by atoms with van der Waals surface area (Å²) in [5.74, 6) is -0.438. The van der Waals surface area contributed by atoms with Crippen LogP contribution in [-0.4, -0.2) is 23.8 Å². The van der Waals surface area contributed by atoms with Gasteiger partial charge in [-0.05, 0) is 61.7 Å². The summed E-state index contributed by atoms with van der Waals surface area (Å²) in [4.78, 5) is 10.8. The van der Waals surface area contributed by atoms with Gasteiger partial charge in [-0.3, -0.25) is 4.79 Å². The molecule has 3 rings (SSSR count). The second-order valence-corrected chi connectivity index (χ2v) is 7.19. The molecular weight excluding hydrogens is 373 g/mol. The highest BCUT2D eigenvalue weighted by Crippen LogP contribution is 2.39. The van der Waals surface area contributed by atoms with Crippen LogP contribution in [0.5, 0.6) is 11.5 Å². The van der Waals surface area contributed by atoms with Crippen LogP contribution in [0, 0.1) is 11.8 Å². The molecule has 1 fully saturated rings. The van der Waals surface area contributed by atoms with Gasteiger partial charge in [0.1, 0.15) is 11.5 Å². The third-order valence-corrected chi connectivity index (χ3v) is 4.50. The molecule has 2 aromatic carbocycles. The average molecular weight is 394 g/mol. The highest BCUT2D eigenvalue weighted by Gasteiger charge is 2.43. The molecule has 150 valence electrons. The SMILES string of the molecule is CC(C)Oc1cc(-c2ccc(OCC3CC3C(=O)O)cc2)cc(C(F)(F)F)c1. The Morgan fingerprint density at radius 1 is 1.11 bits per heavy atom. The highest BCUT2D eigenvalue weighted by molar-refractivity contribution is 5.73. The largest absolute Gasteiger partial charge is 0.493 e. The number of hydrogen-bond acceptors (Lipinski definition) is 3. The summed E-state index contributed by atoms with van der Waals surface area (Å²) in [5, 5.41) is 8.89. The smallest absolute Gasteiger partial charge is 0.416 e. The van der Waals surface area contributed by atoms with Crippen LogP contribution >= 0.6 is 0 Å². The maximum absolute atomic E-state index is 13.2. The van der Waals surface area contributed by atoms with E-state index in [0.717, 1.165) is 12.1 Å². The maximum Gasteiger partial charge on any atom is 0.416 e. The number of ether oxygens (including phenoxy) is 2. The molecule has 2 unspecified atom stereocenters. The molecule has 0 spiro atoms. The Hall–Kier alpha value is -2.70. The first-order chi connectivity index (χ1) is 13.1. The molecule has 7 heteroatoms. The Morgan fingerprint density at radius 3 is 2.32 bits per heavy atom. The van der Waals surface area contributed by atoms with E-state index in [9.17, 15) is 18.0 Å². The standard InChI is InChI=1S/C21H21F3O4/c1-12(2)28-18-8-14(7-16(10-18)21(22,23)24)13-3-5-17(6-4-13)27-11-15-9-19(15)20(25)26/h3-8,10,12,15,19H,9,11H2,1-2H3,(H,25,26). The van der Waals surface area contributed by atoms with E-state index in [2.05, 4.69) is 0 Å². The van der Waals surface area contributed by atoms with Gasteiger partial charge >= 0.3 is 12.1 Å². The minimum absolute atomic E-state index is 0.0105. The first kappa shape index (κ1) is 20.0. The summed E-state index contributed by atoms with van der Waals surface area (Å²) in [7, 11) is 0. The zero-order valence-electron chi connectivity index (χ0n) is 15.5. The third-order valence-electron chi connectivity index (χ3n) is 4.50. The summed E-state index contributed by atoms with van der Waals surface area (Å²) < 4.78 is 50.7. The van der Waals surface area contributed by atoms with Gasteiger partial charge in [-0.15, -0.1) is 0 Å². The van der Waals surface area contributed by atoms with Crippen LogP contribution in [0.4, 0.5) is 13.2 Å². The number of rotatable bonds is 7. The van der Waals surface area contributed by atoms with Gasteiger partial charge in [0.15, 0.2) is 0 Å². The predicted octanol–water partition coefficient (Wildman–Crippen LogP) is 5.26. The Bertz CT molecular complexity index is 844. The molecule has 1 aliphatic carbocycles. The predicted molar refractivity (Wildman–Crippen MR) is 97.4 cm³/mol. The average Bonchev–Trinajstić information content (AvgIpc) is 3.39. The van der Waals surface area contributed by atoms with E-state index in [-0.39, 0.29) is 23.7 Å². The van der Waals surface area contributed by atoms with E-state index in [1.807, 2.05) is 0 Å². The maximum atomic E-state index is 13.2. The van der Waals surface area contributed by atoms with Crippen molar-refractivity contribution in [2.24, 2.45) is 11.8 Å². The van der Waals surface area contributed by atoms with Crippen LogP contribution in [0.25, 0.3) is 11.1 Å². The van der Waals surface area contributed by atoms with Gasteiger partial charge in [-0.25, -0.2) is 0 Å². The van der Waals surface area contributed by atoms with Crippen molar-refractivity contribution < 1.29 is 32.5 Å². The lowest BCUT2D eigenvalue weighted by Crippen LogP contribution is -2.09. The number of carbonyl (C=O) groups is 1. The Morgan fingerprint density at radius 2 is 1.79 bits per heavy atom. The van der Waals surface area contributed by atoms with Gasteiger partial charge < -0.3 is 14.6 Å². The minimum Gasteiger partial charge on any atom is -0.493 e. The second-order valence-electron chi connectivity index (χ2n) is 7.19. The van der Waals surface area contributed by atoms with Crippen LogP contribution in [0.2, 0.25) is 0 Å². The molecule has 0 aromatic heterocycles. The summed E-state index contributed by atoms with van der Waals surface area (Å²) >= 11 is 0. The van der Waals surface area contributed by atoms with Crippen LogP contribution in [-0.2, 0) is 11.0 Å². The molecule has 0 aliphatic heterocycles. The number of carboxylic acid groups (broad SMARTS) is 1. The third kappa shape index (κ3) is 4.97. The van der Waals surface area contributed by atoms with E-state index in [4.69, 9.17) is 14.6 Å². The lowest BCUT2D eigenvalue weighted by molar-refractivity contribution is -0.139. The summed E-state index contributed by atoms with van der Waals surface area (Å²) in [6, 6.07) is 10.3. The lowest BCUT2D eigenvalue weighted by atomic mass is 10.0. The van der Waals surface area contributed by atoms with Crippen LogP contribution in [0.15, 0.2) is 42.5 Å². The fourth-order valence-electron chi connectivity index (χ4n) is 2.95. The molecule has 0 radical (unpaired) electrons. The van der Waals surface area contributed by atoms with Gasteiger partial charge in [0.25, 0.3) is 0 Å². The van der Waals surface area contributed by atoms with Crippen molar-refractivity contribution in [2.75, 3.05) is 6.61 Å². The molecule has 2 aromatic rings. The Balaban J connectivity index is 1.76. The first-order valence-corrected chi connectivity index (χ1v) is 8.98. The molecule has 0 heterocycles. The van der Waals surface area contributed by atoms with Gasteiger partial charge in [-0.1, -0.05) is 12.1 Å². The molecule has 1 aliphatic rings. The van der Waals surface area contributed by atoms with Gasteiger partial charge in [0, 0.05) is 5.92 Å². The van der Waals surface area contributed by atoms with Gasteiger partial charge in [0.2, 0.25) is 0 Å². The van der Waals surface area contributed by atoms with Crippen molar-refractivity contribution in [1.29, 1.82) is 0 Å². The van der Waals surface area contributed by atoms with E-state index in [1.54, 1.807) is 44.2 Å². The van der Waals surface area contributed by atoms with Crippen molar-refractivity contribution >= 4 is 5.97 Å². The normalized spacial score (nSPS) is 18.8. The van der Waals surface area contributed by atoms with E-state index >= 15 is 0 Å². The van der Waals surface area contributed by atoms with Gasteiger partial charge in [0.05, 0.1) is 24.2 Å². The number of hydrogen-bond donors (Lipinski definition) is 1. The molecule has 1 N–H and O–H groups in total. The Labute approximate surface area is 160 Å². The monoisotopic (exact) mass is 394 g/mol. The molecule has 2 atom stereocenters. The highest BCUT2D eigenvalue weighted by atomic mass is 19.4. The summed E-state index contributed by atoms with van der Waals surface area (Å²) in [5.41, 5.74) is 0.224. The Kier molecular flexibility index (Phi) is 5.54. The zero-order valence-corrected chi connectivity index (χ0v) is 15.5.